The predicted octanol–water partition coefficient (Wildman–Crippen LogP) is 0.876. The lowest BCUT2D eigenvalue weighted by Gasteiger charge is -2.27. The van der Waals surface area contributed by atoms with Crippen molar-refractivity contribution in [2.75, 3.05) is 32.8 Å². The average molecular weight is 233 g/mol. The summed E-state index contributed by atoms with van der Waals surface area (Å²) in [4.78, 5) is 6.49. The molecule has 4 heteroatoms. The molecule has 1 saturated heterocycles. The van der Waals surface area contributed by atoms with E-state index in [2.05, 4.69) is 22.0 Å². The third-order valence-corrected chi connectivity index (χ3v) is 2.85. The van der Waals surface area contributed by atoms with Crippen LogP contribution in [0.4, 0.5) is 0 Å². The van der Waals surface area contributed by atoms with Gasteiger partial charge in [0.1, 0.15) is 0 Å². The normalized spacial score (nSPS) is 17.2. The molecule has 17 heavy (non-hydrogen) atoms. The van der Waals surface area contributed by atoms with Crippen LogP contribution in [0.2, 0.25) is 0 Å². The van der Waals surface area contributed by atoms with Crippen molar-refractivity contribution in [1.82, 2.24) is 4.90 Å². The molecule has 0 atom stereocenters. The number of rotatable bonds is 3. The van der Waals surface area contributed by atoms with Crippen molar-refractivity contribution in [3.8, 4) is 0 Å². The van der Waals surface area contributed by atoms with Crippen molar-refractivity contribution in [3.05, 3.63) is 35.9 Å². The predicted molar refractivity (Wildman–Crippen MR) is 69.0 cm³/mol. The second kappa shape index (κ2) is 6.25. The summed E-state index contributed by atoms with van der Waals surface area (Å²) in [7, 11) is 0. The van der Waals surface area contributed by atoms with Gasteiger partial charge in [-0.05, 0) is 12.0 Å². The molecule has 0 unspecified atom stereocenters. The zero-order valence-corrected chi connectivity index (χ0v) is 10.0. The largest absolute Gasteiger partial charge is 0.378 e. The van der Waals surface area contributed by atoms with Crippen LogP contribution in [0.15, 0.2) is 35.3 Å². The van der Waals surface area contributed by atoms with Crippen LogP contribution in [0, 0.1) is 0 Å². The van der Waals surface area contributed by atoms with Crippen LogP contribution >= 0.6 is 0 Å². The standard InChI is InChI=1S/C13H19N3O/c14-13(16-8-10-17-11-9-16)15-7-6-12-4-2-1-3-5-12/h1-5H,6-11H2,(H2,14,15). The fourth-order valence-electron chi connectivity index (χ4n) is 1.84. The second-order valence-electron chi connectivity index (χ2n) is 4.07. The summed E-state index contributed by atoms with van der Waals surface area (Å²) < 4.78 is 5.27. The highest BCUT2D eigenvalue weighted by atomic mass is 16.5. The molecule has 1 aliphatic heterocycles. The summed E-state index contributed by atoms with van der Waals surface area (Å²) in [6, 6.07) is 10.3. The third kappa shape index (κ3) is 3.75. The van der Waals surface area contributed by atoms with Gasteiger partial charge in [0.25, 0.3) is 0 Å². The molecule has 1 fully saturated rings. The topological polar surface area (TPSA) is 50.8 Å². The van der Waals surface area contributed by atoms with Gasteiger partial charge >= 0.3 is 0 Å². The SMILES string of the molecule is NC(=NCCc1ccccc1)N1CCOCC1. The smallest absolute Gasteiger partial charge is 0.191 e. The lowest BCUT2D eigenvalue weighted by molar-refractivity contribution is 0.0674. The Morgan fingerprint density at radius 3 is 2.65 bits per heavy atom. The number of hydrogen-bond acceptors (Lipinski definition) is 2. The summed E-state index contributed by atoms with van der Waals surface area (Å²) >= 11 is 0. The minimum Gasteiger partial charge on any atom is -0.378 e. The maximum atomic E-state index is 5.93. The highest BCUT2D eigenvalue weighted by Crippen LogP contribution is 2.00. The molecule has 0 radical (unpaired) electrons. The first-order valence-corrected chi connectivity index (χ1v) is 6.03. The molecule has 2 rings (SSSR count). The molecule has 0 amide bonds. The van der Waals surface area contributed by atoms with Crippen LogP contribution < -0.4 is 5.73 Å². The molecule has 0 aliphatic carbocycles. The van der Waals surface area contributed by atoms with Gasteiger partial charge in [0.15, 0.2) is 5.96 Å². The van der Waals surface area contributed by atoms with Gasteiger partial charge < -0.3 is 15.4 Å². The van der Waals surface area contributed by atoms with E-state index in [0.717, 1.165) is 39.3 Å². The number of aliphatic imine (C=N–C) groups is 1. The van der Waals surface area contributed by atoms with E-state index in [1.165, 1.54) is 5.56 Å². The summed E-state index contributed by atoms with van der Waals surface area (Å²) in [5, 5.41) is 0. The number of hydrogen-bond donors (Lipinski definition) is 1. The van der Waals surface area contributed by atoms with Gasteiger partial charge in [0.2, 0.25) is 0 Å². The zero-order valence-electron chi connectivity index (χ0n) is 10.0. The first-order valence-electron chi connectivity index (χ1n) is 6.03. The molecule has 4 nitrogen and oxygen atoms in total. The number of morpholine rings is 1. The third-order valence-electron chi connectivity index (χ3n) is 2.85. The molecule has 0 bridgehead atoms. The van der Waals surface area contributed by atoms with Gasteiger partial charge in [0.05, 0.1) is 13.2 Å². The summed E-state index contributed by atoms with van der Waals surface area (Å²) in [6.07, 6.45) is 0.936. The van der Waals surface area contributed by atoms with E-state index in [9.17, 15) is 0 Å². The van der Waals surface area contributed by atoms with E-state index in [0.29, 0.717) is 5.96 Å². The average Bonchev–Trinajstić information content (AvgIpc) is 2.41. The molecule has 1 aliphatic rings. The maximum Gasteiger partial charge on any atom is 0.191 e. The first kappa shape index (κ1) is 11.9. The maximum absolute atomic E-state index is 5.93. The Kier molecular flexibility index (Phi) is 4.38. The Hall–Kier alpha value is -1.55. The number of benzene rings is 1. The minimum atomic E-state index is 0.643. The molecule has 1 aromatic carbocycles. The Labute approximate surface area is 102 Å². The van der Waals surface area contributed by atoms with Crippen LogP contribution in [0.25, 0.3) is 0 Å². The lowest BCUT2D eigenvalue weighted by atomic mass is 10.2. The Balaban J connectivity index is 1.79. The fourth-order valence-corrected chi connectivity index (χ4v) is 1.84. The molecule has 92 valence electrons. The fraction of sp³-hybridized carbons (Fsp3) is 0.462. The van der Waals surface area contributed by atoms with Gasteiger partial charge in [-0.3, -0.25) is 4.99 Å². The van der Waals surface area contributed by atoms with Gasteiger partial charge in [-0.15, -0.1) is 0 Å². The first-order chi connectivity index (χ1) is 8.36. The lowest BCUT2D eigenvalue weighted by Crippen LogP contribution is -2.44. The van der Waals surface area contributed by atoms with Crippen molar-refractivity contribution < 1.29 is 4.74 Å². The van der Waals surface area contributed by atoms with Crippen molar-refractivity contribution in [2.24, 2.45) is 10.7 Å². The Morgan fingerprint density at radius 1 is 1.24 bits per heavy atom. The Bertz CT molecular complexity index is 358. The van der Waals surface area contributed by atoms with E-state index in [4.69, 9.17) is 10.5 Å². The molecular formula is C13H19N3O. The summed E-state index contributed by atoms with van der Waals surface area (Å²) in [5.74, 6) is 0.643. The molecule has 2 N–H and O–H groups in total. The van der Waals surface area contributed by atoms with E-state index >= 15 is 0 Å². The van der Waals surface area contributed by atoms with E-state index in [1.54, 1.807) is 0 Å². The number of guanidine groups is 1. The highest BCUT2D eigenvalue weighted by Gasteiger charge is 2.11. The molecule has 0 spiro atoms. The van der Waals surface area contributed by atoms with Crippen LogP contribution in [-0.4, -0.2) is 43.7 Å². The van der Waals surface area contributed by atoms with Gasteiger partial charge in [-0.25, -0.2) is 0 Å². The van der Waals surface area contributed by atoms with E-state index < -0.39 is 0 Å². The van der Waals surface area contributed by atoms with Crippen LogP contribution in [0.1, 0.15) is 5.56 Å². The van der Waals surface area contributed by atoms with Crippen molar-refractivity contribution in [1.29, 1.82) is 0 Å². The van der Waals surface area contributed by atoms with E-state index in [-0.39, 0.29) is 0 Å². The van der Waals surface area contributed by atoms with Crippen molar-refractivity contribution >= 4 is 5.96 Å². The molecule has 1 heterocycles. The number of nitrogens with two attached hydrogens (primary N) is 1. The highest BCUT2D eigenvalue weighted by molar-refractivity contribution is 5.78. The quantitative estimate of drug-likeness (QED) is 0.622. The van der Waals surface area contributed by atoms with Crippen molar-refractivity contribution in [2.45, 2.75) is 6.42 Å². The zero-order chi connectivity index (χ0) is 11.9. The Morgan fingerprint density at radius 2 is 1.94 bits per heavy atom. The van der Waals surface area contributed by atoms with Crippen molar-refractivity contribution in [3.63, 3.8) is 0 Å². The number of nitrogens with zero attached hydrogens (tertiary/aromatic N) is 2. The number of ether oxygens (including phenoxy) is 1. The van der Waals surface area contributed by atoms with E-state index in [1.807, 2.05) is 18.2 Å². The molecule has 0 aromatic heterocycles. The summed E-state index contributed by atoms with van der Waals surface area (Å²) in [5.41, 5.74) is 7.23. The van der Waals surface area contributed by atoms with Gasteiger partial charge in [-0.2, -0.15) is 0 Å². The molecule has 0 saturated carbocycles. The molecule has 1 aromatic rings. The second-order valence-corrected chi connectivity index (χ2v) is 4.07. The van der Waals surface area contributed by atoms with Gasteiger partial charge in [-0.1, -0.05) is 30.3 Å². The van der Waals surface area contributed by atoms with Crippen LogP contribution in [0.3, 0.4) is 0 Å². The monoisotopic (exact) mass is 233 g/mol. The van der Waals surface area contributed by atoms with Crippen LogP contribution in [-0.2, 0) is 11.2 Å². The van der Waals surface area contributed by atoms with Crippen LogP contribution in [0.5, 0.6) is 0 Å². The molecular weight excluding hydrogens is 214 g/mol. The summed E-state index contributed by atoms with van der Waals surface area (Å²) in [6.45, 7) is 3.93. The van der Waals surface area contributed by atoms with Gasteiger partial charge in [0, 0.05) is 19.6 Å². The minimum absolute atomic E-state index is 0.643.